The zero-order chi connectivity index (χ0) is 18.0. The first-order chi connectivity index (χ1) is 12.0. The number of aryl methyl sites for hydroxylation is 3. The molecule has 0 unspecified atom stereocenters. The van der Waals surface area contributed by atoms with Gasteiger partial charge >= 0.3 is 0 Å². The van der Waals surface area contributed by atoms with Gasteiger partial charge in [0.1, 0.15) is 0 Å². The molecule has 0 radical (unpaired) electrons. The lowest BCUT2D eigenvalue weighted by atomic mass is 10.0. The number of nitrogens with zero attached hydrogens (tertiary/aromatic N) is 1. The van der Waals surface area contributed by atoms with Gasteiger partial charge in [-0.15, -0.1) is 0 Å². The minimum atomic E-state index is -0.107. The number of hydrogen-bond acceptors (Lipinski definition) is 2. The molecule has 0 saturated heterocycles. The van der Waals surface area contributed by atoms with Crippen molar-refractivity contribution in [1.82, 2.24) is 0 Å². The highest BCUT2D eigenvalue weighted by Crippen LogP contribution is 2.30. The smallest absolute Gasteiger partial charge is 0.255 e. The maximum atomic E-state index is 12.5. The van der Waals surface area contributed by atoms with Crippen molar-refractivity contribution < 1.29 is 9.59 Å². The largest absolute Gasteiger partial charge is 0.322 e. The van der Waals surface area contributed by atoms with Crippen molar-refractivity contribution >= 4 is 23.2 Å². The Bertz CT molecular complexity index is 806. The van der Waals surface area contributed by atoms with Crippen LogP contribution < -0.4 is 10.2 Å². The van der Waals surface area contributed by atoms with E-state index in [4.69, 9.17) is 0 Å². The summed E-state index contributed by atoms with van der Waals surface area (Å²) in [5, 5.41) is 2.98. The van der Waals surface area contributed by atoms with Crippen molar-refractivity contribution in [2.75, 3.05) is 16.8 Å². The third-order valence-electron chi connectivity index (χ3n) is 4.54. The third-order valence-corrected chi connectivity index (χ3v) is 4.54. The van der Waals surface area contributed by atoms with Crippen molar-refractivity contribution in [3.63, 3.8) is 0 Å². The van der Waals surface area contributed by atoms with Gasteiger partial charge < -0.3 is 10.2 Å². The van der Waals surface area contributed by atoms with E-state index < -0.39 is 0 Å². The normalized spacial score (nSPS) is 13.3. The van der Waals surface area contributed by atoms with Crippen molar-refractivity contribution in [3.8, 4) is 0 Å². The van der Waals surface area contributed by atoms with Crippen LogP contribution in [0.2, 0.25) is 0 Å². The predicted molar refractivity (Wildman–Crippen MR) is 101 cm³/mol. The Morgan fingerprint density at radius 1 is 1.08 bits per heavy atom. The van der Waals surface area contributed by atoms with Crippen LogP contribution in [0.25, 0.3) is 0 Å². The van der Waals surface area contributed by atoms with Crippen LogP contribution in [0, 0.1) is 13.8 Å². The molecular weight excluding hydrogens is 312 g/mol. The molecule has 4 heteroatoms. The van der Waals surface area contributed by atoms with Gasteiger partial charge in [0.2, 0.25) is 5.91 Å². The van der Waals surface area contributed by atoms with E-state index in [1.807, 2.05) is 56.0 Å². The topological polar surface area (TPSA) is 49.4 Å². The molecule has 4 nitrogen and oxygen atoms in total. The van der Waals surface area contributed by atoms with Crippen LogP contribution in [0.15, 0.2) is 36.4 Å². The number of fused-ring (bicyclic) bond motifs is 1. The molecular formula is C21H24N2O2. The number of hydrogen-bond donors (Lipinski definition) is 1. The molecule has 2 amide bonds. The summed E-state index contributed by atoms with van der Waals surface area (Å²) in [6.07, 6.45) is 2.38. The minimum absolute atomic E-state index is 0.107. The summed E-state index contributed by atoms with van der Waals surface area (Å²) in [6.45, 7) is 6.63. The summed E-state index contributed by atoms with van der Waals surface area (Å²) < 4.78 is 0. The highest BCUT2D eigenvalue weighted by Gasteiger charge is 2.21. The van der Waals surface area contributed by atoms with Crippen molar-refractivity contribution in [2.24, 2.45) is 0 Å². The van der Waals surface area contributed by atoms with E-state index in [1.165, 1.54) is 0 Å². The summed E-state index contributed by atoms with van der Waals surface area (Å²) in [4.78, 5) is 26.5. The van der Waals surface area contributed by atoms with E-state index in [9.17, 15) is 9.59 Å². The molecule has 1 aliphatic rings. The molecule has 3 rings (SSSR count). The molecule has 0 spiro atoms. The first-order valence-corrected chi connectivity index (χ1v) is 8.81. The van der Waals surface area contributed by atoms with E-state index in [2.05, 4.69) is 11.4 Å². The zero-order valence-electron chi connectivity index (χ0n) is 15.1. The Balaban J connectivity index is 1.82. The molecule has 0 aromatic heterocycles. The second-order valence-electron chi connectivity index (χ2n) is 6.68. The van der Waals surface area contributed by atoms with Crippen LogP contribution in [0.3, 0.4) is 0 Å². The number of amides is 2. The first kappa shape index (κ1) is 17.2. The number of anilines is 2. The van der Waals surface area contributed by atoms with Crippen LogP contribution in [-0.4, -0.2) is 18.4 Å². The van der Waals surface area contributed by atoms with Crippen LogP contribution in [0.1, 0.15) is 46.8 Å². The molecule has 0 aliphatic carbocycles. The second-order valence-corrected chi connectivity index (χ2v) is 6.68. The van der Waals surface area contributed by atoms with Gasteiger partial charge in [0, 0.05) is 29.9 Å². The van der Waals surface area contributed by atoms with Crippen LogP contribution in [0.5, 0.6) is 0 Å². The molecule has 2 aromatic rings. The minimum Gasteiger partial charge on any atom is -0.322 e. The summed E-state index contributed by atoms with van der Waals surface area (Å²) in [6, 6.07) is 11.6. The molecule has 1 N–H and O–H groups in total. The lowest BCUT2D eigenvalue weighted by molar-refractivity contribution is -0.118. The van der Waals surface area contributed by atoms with Gasteiger partial charge in [-0.25, -0.2) is 0 Å². The predicted octanol–water partition coefficient (Wildman–Crippen LogP) is 4.24. The summed E-state index contributed by atoms with van der Waals surface area (Å²) in [5.74, 6) is 0.0389. The fourth-order valence-electron chi connectivity index (χ4n) is 3.43. The van der Waals surface area contributed by atoms with Gasteiger partial charge in [0.25, 0.3) is 5.91 Å². The van der Waals surface area contributed by atoms with Gasteiger partial charge in [0.15, 0.2) is 0 Å². The maximum Gasteiger partial charge on any atom is 0.255 e. The number of nitrogens with one attached hydrogen (secondary N) is 1. The fourth-order valence-corrected chi connectivity index (χ4v) is 3.43. The molecule has 0 bridgehead atoms. The zero-order valence-corrected chi connectivity index (χ0v) is 15.1. The Hall–Kier alpha value is -2.62. The molecule has 0 atom stereocenters. The van der Waals surface area contributed by atoms with Gasteiger partial charge in [0.05, 0.1) is 0 Å². The third kappa shape index (κ3) is 3.73. The van der Waals surface area contributed by atoms with Gasteiger partial charge in [-0.1, -0.05) is 24.1 Å². The van der Waals surface area contributed by atoms with Crippen LogP contribution in [-0.2, 0) is 11.2 Å². The Labute approximate surface area is 148 Å². The molecule has 1 heterocycles. The number of carbonyl (C=O) groups is 2. The SMILES string of the molecule is CCC(=O)N1CCCc2cc(NC(=O)c3cc(C)cc(C)c3)ccc21. The van der Waals surface area contributed by atoms with E-state index in [0.717, 1.165) is 47.5 Å². The summed E-state index contributed by atoms with van der Waals surface area (Å²) in [5.41, 5.74) is 5.68. The van der Waals surface area contributed by atoms with Gasteiger partial charge in [-0.2, -0.15) is 0 Å². The monoisotopic (exact) mass is 336 g/mol. The van der Waals surface area contributed by atoms with Gasteiger partial charge in [-0.05, 0) is 62.6 Å². The first-order valence-electron chi connectivity index (χ1n) is 8.81. The number of rotatable bonds is 3. The average Bonchev–Trinajstić information content (AvgIpc) is 2.59. The molecule has 2 aromatic carbocycles. The maximum absolute atomic E-state index is 12.5. The van der Waals surface area contributed by atoms with E-state index in [0.29, 0.717) is 12.0 Å². The van der Waals surface area contributed by atoms with Crippen LogP contribution >= 0.6 is 0 Å². The highest BCUT2D eigenvalue weighted by atomic mass is 16.2. The summed E-state index contributed by atoms with van der Waals surface area (Å²) >= 11 is 0. The van der Waals surface area contributed by atoms with Crippen molar-refractivity contribution in [2.45, 2.75) is 40.0 Å². The quantitative estimate of drug-likeness (QED) is 0.911. The van der Waals surface area contributed by atoms with E-state index in [-0.39, 0.29) is 11.8 Å². The Kier molecular flexibility index (Phi) is 4.88. The van der Waals surface area contributed by atoms with Crippen LogP contribution in [0.4, 0.5) is 11.4 Å². The second kappa shape index (κ2) is 7.09. The lowest BCUT2D eigenvalue weighted by Crippen LogP contribution is -2.34. The Morgan fingerprint density at radius 3 is 2.48 bits per heavy atom. The van der Waals surface area contributed by atoms with E-state index >= 15 is 0 Å². The van der Waals surface area contributed by atoms with E-state index in [1.54, 1.807) is 0 Å². The molecule has 0 saturated carbocycles. The van der Waals surface area contributed by atoms with Gasteiger partial charge in [-0.3, -0.25) is 9.59 Å². The average molecular weight is 336 g/mol. The molecule has 130 valence electrons. The van der Waals surface area contributed by atoms with Crippen molar-refractivity contribution in [3.05, 3.63) is 58.7 Å². The lowest BCUT2D eigenvalue weighted by Gasteiger charge is -2.29. The number of benzene rings is 2. The molecule has 1 aliphatic heterocycles. The number of carbonyl (C=O) groups excluding carboxylic acids is 2. The molecule has 25 heavy (non-hydrogen) atoms. The molecule has 0 fully saturated rings. The Morgan fingerprint density at radius 2 is 1.80 bits per heavy atom. The van der Waals surface area contributed by atoms with Crippen molar-refractivity contribution in [1.29, 1.82) is 0 Å². The highest BCUT2D eigenvalue weighted by molar-refractivity contribution is 6.05. The standard InChI is InChI=1S/C21H24N2O2/c1-4-20(24)23-9-5-6-16-13-18(7-8-19(16)23)22-21(25)17-11-14(2)10-15(3)12-17/h7-8,10-13H,4-6,9H2,1-3H3,(H,22,25). The summed E-state index contributed by atoms with van der Waals surface area (Å²) in [7, 11) is 0. The fraction of sp³-hybridized carbons (Fsp3) is 0.333.